The van der Waals surface area contributed by atoms with E-state index in [1.807, 2.05) is 20.2 Å². The Morgan fingerprint density at radius 2 is 2.25 bits per heavy atom. The molecule has 90 valence electrons. The molecule has 16 heavy (non-hydrogen) atoms. The molecule has 5 nitrogen and oxygen atoms in total. The number of hydrazine groups is 1. The van der Waals surface area contributed by atoms with Gasteiger partial charge in [-0.25, -0.2) is 0 Å². The van der Waals surface area contributed by atoms with E-state index in [2.05, 4.69) is 15.3 Å². The van der Waals surface area contributed by atoms with Crippen LogP contribution in [0.1, 0.15) is 12.0 Å². The highest BCUT2D eigenvalue weighted by Crippen LogP contribution is 2.12. The fourth-order valence-corrected chi connectivity index (χ4v) is 1.53. The van der Waals surface area contributed by atoms with Crippen LogP contribution in [-0.4, -0.2) is 36.6 Å². The lowest BCUT2D eigenvalue weighted by molar-refractivity contribution is 0.358. The van der Waals surface area contributed by atoms with Gasteiger partial charge in [-0.1, -0.05) is 0 Å². The van der Waals surface area contributed by atoms with Crippen molar-refractivity contribution in [3.63, 3.8) is 0 Å². The zero-order chi connectivity index (χ0) is 12.0. The quantitative estimate of drug-likeness (QED) is 0.467. The van der Waals surface area contributed by atoms with Crippen LogP contribution in [0.3, 0.4) is 0 Å². The van der Waals surface area contributed by atoms with Crippen molar-refractivity contribution in [3.05, 3.63) is 24.0 Å². The van der Waals surface area contributed by atoms with Crippen LogP contribution in [0.5, 0.6) is 0 Å². The second-order valence-electron chi connectivity index (χ2n) is 4.23. The summed E-state index contributed by atoms with van der Waals surface area (Å²) in [6.07, 6.45) is 5.29. The minimum absolute atomic E-state index is 0.230. The second-order valence-corrected chi connectivity index (χ2v) is 4.23. The van der Waals surface area contributed by atoms with Crippen molar-refractivity contribution >= 4 is 5.69 Å². The Morgan fingerprint density at radius 3 is 2.81 bits per heavy atom. The van der Waals surface area contributed by atoms with Gasteiger partial charge in [0.05, 0.1) is 0 Å². The monoisotopic (exact) mass is 223 g/mol. The van der Waals surface area contributed by atoms with E-state index in [1.54, 1.807) is 12.4 Å². The van der Waals surface area contributed by atoms with E-state index in [-0.39, 0.29) is 6.04 Å². The van der Waals surface area contributed by atoms with Crippen molar-refractivity contribution in [1.82, 2.24) is 15.3 Å². The third kappa shape index (κ3) is 4.14. The maximum absolute atomic E-state index is 5.86. The predicted molar refractivity (Wildman–Crippen MR) is 66.6 cm³/mol. The summed E-state index contributed by atoms with van der Waals surface area (Å²) in [5.41, 5.74) is 10.5. The van der Waals surface area contributed by atoms with E-state index < -0.39 is 0 Å². The number of nitrogen functional groups attached to an aromatic ring is 1. The summed E-state index contributed by atoms with van der Waals surface area (Å²) in [7, 11) is 4.10. The number of hydrogen-bond acceptors (Lipinski definition) is 5. The number of nitrogens with two attached hydrogens (primary N) is 2. The molecule has 0 aliphatic carbocycles. The molecule has 5 heteroatoms. The molecule has 0 bridgehead atoms. The van der Waals surface area contributed by atoms with Crippen molar-refractivity contribution in [2.24, 2.45) is 5.84 Å². The van der Waals surface area contributed by atoms with Crippen LogP contribution in [0.25, 0.3) is 0 Å². The molecule has 0 radical (unpaired) electrons. The van der Waals surface area contributed by atoms with Crippen molar-refractivity contribution in [1.29, 1.82) is 0 Å². The SMILES string of the molecule is CN(C)CCC(Cc1cnccc1N)NN. The van der Waals surface area contributed by atoms with Crippen molar-refractivity contribution in [2.75, 3.05) is 26.4 Å². The number of aromatic nitrogens is 1. The highest BCUT2D eigenvalue weighted by molar-refractivity contribution is 5.44. The molecular formula is C11H21N5. The zero-order valence-corrected chi connectivity index (χ0v) is 9.98. The lowest BCUT2D eigenvalue weighted by Gasteiger charge is -2.19. The van der Waals surface area contributed by atoms with Gasteiger partial charge in [-0.15, -0.1) is 0 Å². The normalized spacial score (nSPS) is 13.0. The number of anilines is 1. The van der Waals surface area contributed by atoms with Crippen molar-refractivity contribution in [3.8, 4) is 0 Å². The van der Waals surface area contributed by atoms with E-state index in [0.717, 1.165) is 30.6 Å². The number of nitrogens with zero attached hydrogens (tertiary/aromatic N) is 2. The third-order valence-corrected chi connectivity index (χ3v) is 2.57. The van der Waals surface area contributed by atoms with E-state index >= 15 is 0 Å². The lowest BCUT2D eigenvalue weighted by atomic mass is 10.0. The first-order valence-electron chi connectivity index (χ1n) is 5.42. The molecule has 0 aromatic carbocycles. The molecule has 5 N–H and O–H groups in total. The van der Waals surface area contributed by atoms with E-state index in [4.69, 9.17) is 11.6 Å². The Hall–Kier alpha value is -1.17. The predicted octanol–water partition coefficient (Wildman–Crippen LogP) is -0.0101. The molecule has 0 spiro atoms. The molecule has 0 saturated carbocycles. The van der Waals surface area contributed by atoms with Gasteiger partial charge in [0.15, 0.2) is 0 Å². The van der Waals surface area contributed by atoms with Gasteiger partial charge in [0.25, 0.3) is 0 Å². The Bertz CT molecular complexity index is 313. The van der Waals surface area contributed by atoms with E-state index in [9.17, 15) is 0 Å². The Kier molecular flexibility index (Phi) is 5.18. The highest BCUT2D eigenvalue weighted by Gasteiger charge is 2.10. The third-order valence-electron chi connectivity index (χ3n) is 2.57. The van der Waals surface area contributed by atoms with Crippen LogP contribution in [0.4, 0.5) is 5.69 Å². The van der Waals surface area contributed by atoms with Gasteiger partial charge in [-0.2, -0.15) is 0 Å². The average Bonchev–Trinajstić information content (AvgIpc) is 2.26. The van der Waals surface area contributed by atoms with E-state index in [0.29, 0.717) is 0 Å². The summed E-state index contributed by atoms with van der Waals surface area (Å²) in [5.74, 6) is 5.53. The first kappa shape index (κ1) is 12.9. The Morgan fingerprint density at radius 1 is 1.50 bits per heavy atom. The van der Waals surface area contributed by atoms with Crippen molar-refractivity contribution in [2.45, 2.75) is 18.9 Å². The number of nitrogens with one attached hydrogen (secondary N) is 1. The van der Waals surface area contributed by atoms with Gasteiger partial charge in [0.2, 0.25) is 0 Å². The molecule has 1 heterocycles. The van der Waals surface area contributed by atoms with Crippen LogP contribution in [0.2, 0.25) is 0 Å². The molecule has 0 amide bonds. The molecule has 1 atom stereocenters. The Balaban J connectivity index is 2.53. The van der Waals surface area contributed by atoms with Crippen LogP contribution in [0, 0.1) is 0 Å². The van der Waals surface area contributed by atoms with Gasteiger partial charge in [-0.05, 0) is 45.1 Å². The minimum atomic E-state index is 0.230. The maximum Gasteiger partial charge on any atom is 0.0378 e. The summed E-state index contributed by atoms with van der Waals surface area (Å²) in [6, 6.07) is 2.04. The summed E-state index contributed by atoms with van der Waals surface area (Å²) < 4.78 is 0. The van der Waals surface area contributed by atoms with Gasteiger partial charge >= 0.3 is 0 Å². The summed E-state index contributed by atoms with van der Waals surface area (Å²) >= 11 is 0. The molecule has 0 aliphatic heterocycles. The van der Waals surface area contributed by atoms with Gasteiger partial charge in [-0.3, -0.25) is 16.3 Å². The van der Waals surface area contributed by atoms with Gasteiger partial charge < -0.3 is 10.6 Å². The zero-order valence-electron chi connectivity index (χ0n) is 9.98. The molecule has 1 aromatic rings. The Labute approximate surface area is 96.8 Å². The molecule has 0 fully saturated rings. The van der Waals surface area contributed by atoms with Crippen LogP contribution < -0.4 is 17.0 Å². The summed E-state index contributed by atoms with van der Waals surface area (Å²) in [4.78, 5) is 6.20. The maximum atomic E-state index is 5.86. The molecule has 1 rings (SSSR count). The standard InChI is InChI=1S/C11H21N5/c1-16(2)6-4-10(15-13)7-9-8-14-5-3-11(9)12/h3,5,8,10,15H,4,6-7,13H2,1-2H3,(H2,12,14). The molecule has 0 saturated heterocycles. The molecule has 0 aliphatic rings. The largest absolute Gasteiger partial charge is 0.398 e. The number of hydrogen-bond donors (Lipinski definition) is 3. The minimum Gasteiger partial charge on any atom is -0.398 e. The highest BCUT2D eigenvalue weighted by atomic mass is 15.2. The first-order valence-corrected chi connectivity index (χ1v) is 5.42. The van der Waals surface area contributed by atoms with E-state index in [1.165, 1.54) is 0 Å². The van der Waals surface area contributed by atoms with Crippen LogP contribution in [0.15, 0.2) is 18.5 Å². The first-order chi connectivity index (χ1) is 7.63. The van der Waals surface area contributed by atoms with Crippen molar-refractivity contribution < 1.29 is 0 Å². The molecule has 1 aromatic heterocycles. The molecule has 1 unspecified atom stereocenters. The topological polar surface area (TPSA) is 80.2 Å². The molecular weight excluding hydrogens is 202 g/mol. The fraction of sp³-hybridized carbons (Fsp3) is 0.545. The number of pyridine rings is 1. The summed E-state index contributed by atoms with van der Waals surface area (Å²) in [6.45, 7) is 0.995. The van der Waals surface area contributed by atoms with Gasteiger partial charge in [0.1, 0.15) is 0 Å². The van der Waals surface area contributed by atoms with Crippen LogP contribution in [-0.2, 0) is 6.42 Å². The van der Waals surface area contributed by atoms with Gasteiger partial charge in [0, 0.05) is 24.1 Å². The summed E-state index contributed by atoms with van der Waals surface area (Å²) in [5, 5.41) is 0. The smallest absolute Gasteiger partial charge is 0.0378 e. The second kappa shape index (κ2) is 6.42. The van der Waals surface area contributed by atoms with Crippen LogP contribution >= 0.6 is 0 Å². The fourth-order valence-electron chi connectivity index (χ4n) is 1.53. The average molecular weight is 223 g/mol. The number of rotatable bonds is 6. The lowest BCUT2D eigenvalue weighted by Crippen LogP contribution is -2.39.